The molecule has 4 rings (SSSR count). The van der Waals surface area contributed by atoms with Crippen molar-refractivity contribution in [3.63, 3.8) is 0 Å². The second-order valence-corrected chi connectivity index (χ2v) is 8.79. The van der Waals surface area contributed by atoms with Crippen molar-refractivity contribution in [1.82, 2.24) is 0 Å². The molecular formula is C27H24BrClN2O. The number of hydrogen-bond acceptors (Lipinski definition) is 3. The zero-order chi connectivity index (χ0) is 22.3. The number of benzene rings is 4. The smallest absolute Gasteiger partial charge is 0.119 e. The van der Waals surface area contributed by atoms with Crippen LogP contribution in [0.1, 0.15) is 23.2 Å². The molecule has 0 aliphatic carbocycles. The molecule has 0 spiro atoms. The molecule has 4 aromatic rings. The second kappa shape index (κ2) is 10.6. The van der Waals surface area contributed by atoms with Crippen molar-refractivity contribution in [3.05, 3.63) is 124 Å². The van der Waals surface area contributed by atoms with E-state index < -0.39 is 0 Å². The molecule has 32 heavy (non-hydrogen) atoms. The number of hydrogen-bond donors (Lipinski definition) is 2. The summed E-state index contributed by atoms with van der Waals surface area (Å²) in [6.45, 7) is 0. The van der Waals surface area contributed by atoms with Gasteiger partial charge in [-0.15, -0.1) is 0 Å². The zero-order valence-corrected chi connectivity index (χ0v) is 20.0. The highest BCUT2D eigenvalue weighted by Crippen LogP contribution is 2.36. The van der Waals surface area contributed by atoms with Crippen LogP contribution in [0.5, 0.6) is 5.75 Å². The maximum absolute atomic E-state index is 6.20. The molecule has 0 saturated heterocycles. The number of halogens is 2. The molecule has 3 nitrogen and oxygen atoms in total. The number of nitrogens with one attached hydrogen (secondary N) is 2. The molecule has 0 amide bonds. The minimum Gasteiger partial charge on any atom is -0.497 e. The number of ether oxygens (including phenoxy) is 1. The molecule has 2 N–H and O–H groups in total. The van der Waals surface area contributed by atoms with Gasteiger partial charge in [0.15, 0.2) is 0 Å². The quantitative estimate of drug-likeness (QED) is 0.253. The predicted molar refractivity (Wildman–Crippen MR) is 138 cm³/mol. The molecule has 0 saturated carbocycles. The lowest BCUT2D eigenvalue weighted by atomic mass is 9.92. The molecule has 162 valence electrons. The van der Waals surface area contributed by atoms with Crippen LogP contribution in [0.15, 0.2) is 108 Å². The van der Waals surface area contributed by atoms with Crippen molar-refractivity contribution in [2.24, 2.45) is 0 Å². The summed E-state index contributed by atoms with van der Waals surface area (Å²) in [4.78, 5) is 0. The van der Waals surface area contributed by atoms with Crippen LogP contribution in [0.2, 0.25) is 5.02 Å². The van der Waals surface area contributed by atoms with Gasteiger partial charge in [-0.1, -0.05) is 70.0 Å². The molecule has 0 bridgehead atoms. The van der Waals surface area contributed by atoms with Gasteiger partial charge in [0.25, 0.3) is 0 Å². The highest BCUT2D eigenvalue weighted by Gasteiger charge is 2.25. The first-order valence-corrected chi connectivity index (χ1v) is 11.5. The first-order valence-electron chi connectivity index (χ1n) is 10.4. The standard InChI is InChI=1S/C27H24BrClN2O/c1-32-25-17-15-24(16-18-25)31-27(20-7-11-22(29)12-8-20)26(19-5-3-2-4-6-19)30-23-13-9-21(28)10-14-23/h2-18,26-27,30-31H,1H3/t26-,27-/m0/s1. The van der Waals surface area contributed by atoms with Crippen LogP contribution >= 0.6 is 27.5 Å². The van der Waals surface area contributed by atoms with Crippen molar-refractivity contribution in [2.45, 2.75) is 12.1 Å². The van der Waals surface area contributed by atoms with Gasteiger partial charge in [0.1, 0.15) is 5.75 Å². The van der Waals surface area contributed by atoms with Gasteiger partial charge < -0.3 is 15.4 Å². The number of methoxy groups -OCH3 is 1. The maximum Gasteiger partial charge on any atom is 0.119 e. The van der Waals surface area contributed by atoms with Gasteiger partial charge in [0, 0.05) is 20.9 Å². The van der Waals surface area contributed by atoms with Gasteiger partial charge in [-0.3, -0.25) is 0 Å². The summed E-state index contributed by atoms with van der Waals surface area (Å²) in [7, 11) is 1.67. The Labute approximate surface area is 202 Å². The second-order valence-electron chi connectivity index (χ2n) is 7.44. The summed E-state index contributed by atoms with van der Waals surface area (Å²) < 4.78 is 6.36. The van der Waals surface area contributed by atoms with Crippen LogP contribution < -0.4 is 15.4 Å². The largest absolute Gasteiger partial charge is 0.497 e. The number of rotatable bonds is 8. The van der Waals surface area contributed by atoms with E-state index in [-0.39, 0.29) is 12.1 Å². The SMILES string of the molecule is COc1ccc(N[C@@H](c2ccc(Cl)cc2)[C@@H](Nc2ccc(Br)cc2)c2ccccc2)cc1. The van der Waals surface area contributed by atoms with Gasteiger partial charge in [-0.05, 0) is 71.8 Å². The van der Waals surface area contributed by atoms with Crippen molar-refractivity contribution in [3.8, 4) is 5.75 Å². The van der Waals surface area contributed by atoms with Gasteiger partial charge in [-0.25, -0.2) is 0 Å². The fraction of sp³-hybridized carbons (Fsp3) is 0.111. The lowest BCUT2D eigenvalue weighted by Crippen LogP contribution is -2.25. The Bertz CT molecular complexity index is 1120. The average Bonchev–Trinajstić information content (AvgIpc) is 2.84. The average molecular weight is 508 g/mol. The lowest BCUT2D eigenvalue weighted by molar-refractivity contribution is 0.415. The zero-order valence-electron chi connectivity index (χ0n) is 17.6. The monoisotopic (exact) mass is 506 g/mol. The fourth-order valence-electron chi connectivity index (χ4n) is 3.64. The van der Waals surface area contributed by atoms with E-state index in [0.29, 0.717) is 5.02 Å². The normalized spacial score (nSPS) is 12.6. The van der Waals surface area contributed by atoms with E-state index in [9.17, 15) is 0 Å². The Kier molecular flexibility index (Phi) is 7.35. The minimum absolute atomic E-state index is 0.0411. The third-order valence-electron chi connectivity index (χ3n) is 5.30. The van der Waals surface area contributed by atoms with Crippen LogP contribution in [0.3, 0.4) is 0 Å². The third kappa shape index (κ3) is 5.64. The molecule has 4 aromatic carbocycles. The lowest BCUT2D eigenvalue weighted by Gasteiger charge is -2.31. The minimum atomic E-state index is -0.0632. The summed E-state index contributed by atoms with van der Waals surface area (Å²) in [5.74, 6) is 0.825. The summed E-state index contributed by atoms with van der Waals surface area (Å²) in [6.07, 6.45) is 0. The van der Waals surface area contributed by atoms with Crippen LogP contribution in [-0.4, -0.2) is 7.11 Å². The first kappa shape index (κ1) is 22.3. The van der Waals surface area contributed by atoms with Gasteiger partial charge in [0.05, 0.1) is 19.2 Å². The van der Waals surface area contributed by atoms with Crippen molar-refractivity contribution in [2.75, 3.05) is 17.7 Å². The molecule has 5 heteroatoms. The summed E-state index contributed by atoms with van der Waals surface area (Å²) in [5.41, 5.74) is 4.35. The summed E-state index contributed by atoms with van der Waals surface area (Å²) in [5, 5.41) is 8.18. The van der Waals surface area contributed by atoms with E-state index in [2.05, 4.69) is 75.1 Å². The summed E-state index contributed by atoms with van der Waals surface area (Å²) >= 11 is 9.72. The molecule has 0 radical (unpaired) electrons. The first-order chi connectivity index (χ1) is 15.6. The van der Waals surface area contributed by atoms with E-state index in [1.165, 1.54) is 5.56 Å². The predicted octanol–water partition coefficient (Wildman–Crippen LogP) is 8.12. The molecular weight excluding hydrogens is 484 g/mol. The van der Waals surface area contributed by atoms with Crippen LogP contribution in [0, 0.1) is 0 Å². The fourth-order valence-corrected chi connectivity index (χ4v) is 4.03. The van der Waals surface area contributed by atoms with E-state index in [1.54, 1.807) is 7.11 Å². The molecule has 0 aliphatic rings. The number of anilines is 2. The van der Waals surface area contributed by atoms with Gasteiger partial charge >= 0.3 is 0 Å². The van der Waals surface area contributed by atoms with E-state index in [4.69, 9.17) is 16.3 Å². The molecule has 0 fully saturated rings. The third-order valence-corrected chi connectivity index (χ3v) is 6.08. The van der Waals surface area contributed by atoms with Crippen LogP contribution in [-0.2, 0) is 0 Å². The van der Waals surface area contributed by atoms with Crippen molar-refractivity contribution < 1.29 is 4.74 Å². The molecule has 0 heterocycles. The highest BCUT2D eigenvalue weighted by molar-refractivity contribution is 9.10. The molecule has 2 atom stereocenters. The molecule has 0 aliphatic heterocycles. The Morgan fingerprint density at radius 1 is 0.656 bits per heavy atom. The Hall–Kier alpha value is -2.95. The topological polar surface area (TPSA) is 33.3 Å². The highest BCUT2D eigenvalue weighted by atomic mass is 79.9. The Morgan fingerprint density at radius 3 is 1.69 bits per heavy atom. The van der Waals surface area contributed by atoms with Crippen molar-refractivity contribution >= 4 is 38.9 Å². The van der Waals surface area contributed by atoms with Gasteiger partial charge in [-0.2, -0.15) is 0 Å². The summed E-state index contributed by atoms with van der Waals surface area (Å²) in [6, 6.07) is 34.6. The van der Waals surface area contributed by atoms with Crippen LogP contribution in [0.25, 0.3) is 0 Å². The Balaban J connectivity index is 1.75. The van der Waals surface area contributed by atoms with Crippen molar-refractivity contribution in [1.29, 1.82) is 0 Å². The van der Waals surface area contributed by atoms with E-state index in [1.807, 2.05) is 54.6 Å². The van der Waals surface area contributed by atoms with Gasteiger partial charge in [0.2, 0.25) is 0 Å². The van der Waals surface area contributed by atoms with E-state index in [0.717, 1.165) is 27.2 Å². The maximum atomic E-state index is 6.20. The van der Waals surface area contributed by atoms with E-state index >= 15 is 0 Å². The molecule has 0 unspecified atom stereocenters. The molecule has 0 aromatic heterocycles. The van der Waals surface area contributed by atoms with Crippen LogP contribution in [0.4, 0.5) is 11.4 Å². The Morgan fingerprint density at radius 2 is 1.16 bits per heavy atom.